The molecule has 2 nitrogen and oxygen atoms in total. The molecule has 0 bridgehead atoms. The molecule has 1 heterocycles. The van der Waals surface area contributed by atoms with Gasteiger partial charge < -0.3 is 0 Å². The Morgan fingerprint density at radius 3 is 2.13 bits per heavy atom. The maximum Gasteiger partial charge on any atom is 0.116 e. The first-order valence-corrected chi connectivity index (χ1v) is 12.3. The van der Waals surface area contributed by atoms with E-state index in [0.717, 1.165) is 43.3 Å². The fraction of sp³-hybridized carbons (Fsp3) is 0.0769. The second kappa shape index (κ2) is 10.5. The quantitative estimate of drug-likeness (QED) is 0.160. The number of nitrogens with zero attached hydrogens (tertiary/aromatic N) is 2. The number of rotatable bonds is 7. The zero-order chi connectivity index (χ0) is 21.5. The summed E-state index contributed by atoms with van der Waals surface area (Å²) >= 11 is 9.38. The Labute approximate surface area is 196 Å². The molecule has 0 aliphatic carbocycles. The molecule has 0 fully saturated rings. The third kappa shape index (κ3) is 5.51. The maximum atomic E-state index is 9.96. The summed E-state index contributed by atoms with van der Waals surface area (Å²) < 4.78 is 0. The Bertz CT molecular complexity index is 1190. The number of thioether (sulfide) groups is 2. The van der Waals surface area contributed by atoms with Crippen molar-refractivity contribution in [3.05, 3.63) is 107 Å². The molecule has 0 radical (unpaired) electrons. The number of hydrogen-bond acceptors (Lipinski definition) is 4. The van der Waals surface area contributed by atoms with E-state index >= 15 is 0 Å². The first-order valence-electron chi connectivity index (χ1n) is 9.75. The zero-order valence-electron chi connectivity index (χ0n) is 16.7. The highest BCUT2D eigenvalue weighted by Gasteiger charge is 2.15. The summed E-state index contributed by atoms with van der Waals surface area (Å²) in [6, 6.07) is 32.5. The van der Waals surface area contributed by atoms with Gasteiger partial charge in [-0.2, -0.15) is 5.26 Å². The number of benzene rings is 3. The van der Waals surface area contributed by atoms with Crippen LogP contribution < -0.4 is 0 Å². The Hall–Kier alpha value is -2.71. The van der Waals surface area contributed by atoms with Crippen LogP contribution in [-0.4, -0.2) is 10.1 Å². The van der Waals surface area contributed by atoms with Gasteiger partial charge in [-0.3, -0.25) is 0 Å². The Balaban J connectivity index is 1.62. The monoisotopic (exact) mass is 458 g/mol. The third-order valence-corrected chi connectivity index (χ3v) is 7.21. The van der Waals surface area contributed by atoms with E-state index < -0.39 is 0 Å². The molecule has 1 aromatic heterocycles. The van der Waals surface area contributed by atoms with Crippen LogP contribution in [0.3, 0.4) is 0 Å². The molecule has 0 aliphatic heterocycles. The van der Waals surface area contributed by atoms with Gasteiger partial charge >= 0.3 is 0 Å². The van der Waals surface area contributed by atoms with Gasteiger partial charge in [-0.15, -0.1) is 11.8 Å². The first-order chi connectivity index (χ1) is 15.2. The summed E-state index contributed by atoms with van der Waals surface area (Å²) in [4.78, 5) is 4.87. The van der Waals surface area contributed by atoms with Crippen LogP contribution in [0.2, 0.25) is 5.02 Å². The molecule has 0 unspecified atom stereocenters. The molecule has 0 N–H and O–H groups in total. The standard InChI is InChI=1S/C26H19ClN2S2/c27-22-13-11-19(12-14-22)17-30-18-31-26-24(16-28)23(20-7-3-1-4-8-20)15-25(29-26)21-9-5-2-6-10-21/h1-15H,17-18H2. The second-order valence-corrected chi connectivity index (χ2v) is 9.57. The molecule has 0 saturated carbocycles. The highest BCUT2D eigenvalue weighted by atomic mass is 35.5. The van der Waals surface area contributed by atoms with Gasteiger partial charge in [0.05, 0.1) is 11.3 Å². The van der Waals surface area contributed by atoms with E-state index in [4.69, 9.17) is 16.6 Å². The Morgan fingerprint density at radius 1 is 0.839 bits per heavy atom. The van der Waals surface area contributed by atoms with Gasteiger partial charge in [0.25, 0.3) is 0 Å². The van der Waals surface area contributed by atoms with E-state index in [2.05, 4.69) is 6.07 Å². The summed E-state index contributed by atoms with van der Waals surface area (Å²) in [5, 5.41) is 12.3. The lowest BCUT2D eigenvalue weighted by molar-refractivity contribution is 1.12. The molecule has 5 heteroatoms. The number of halogens is 1. The van der Waals surface area contributed by atoms with E-state index in [9.17, 15) is 5.26 Å². The lowest BCUT2D eigenvalue weighted by Crippen LogP contribution is -1.96. The van der Waals surface area contributed by atoms with E-state index in [1.807, 2.05) is 91.0 Å². The van der Waals surface area contributed by atoms with Gasteiger partial charge in [-0.05, 0) is 29.3 Å². The van der Waals surface area contributed by atoms with Crippen LogP contribution in [-0.2, 0) is 5.75 Å². The minimum Gasteiger partial charge on any atom is -0.240 e. The Kier molecular flexibility index (Phi) is 7.32. The van der Waals surface area contributed by atoms with Crippen LogP contribution in [0.1, 0.15) is 11.1 Å². The second-order valence-electron chi connectivity index (χ2n) is 6.82. The van der Waals surface area contributed by atoms with Crippen LogP contribution >= 0.6 is 35.1 Å². The minimum atomic E-state index is 0.628. The van der Waals surface area contributed by atoms with Crippen molar-refractivity contribution >= 4 is 35.1 Å². The fourth-order valence-corrected chi connectivity index (χ4v) is 5.30. The van der Waals surface area contributed by atoms with Gasteiger partial charge in [0.2, 0.25) is 0 Å². The average molecular weight is 459 g/mol. The van der Waals surface area contributed by atoms with Crippen molar-refractivity contribution in [3.8, 4) is 28.5 Å². The molecule has 4 aromatic rings. The topological polar surface area (TPSA) is 36.7 Å². The molecule has 0 saturated heterocycles. The largest absolute Gasteiger partial charge is 0.240 e. The molecule has 0 spiro atoms. The third-order valence-electron chi connectivity index (χ3n) is 4.71. The number of hydrogen-bond donors (Lipinski definition) is 0. The molecular formula is C26H19ClN2S2. The van der Waals surface area contributed by atoms with Crippen LogP contribution in [0.5, 0.6) is 0 Å². The van der Waals surface area contributed by atoms with Gasteiger partial charge in [-0.1, -0.05) is 96.2 Å². The number of nitriles is 1. The first kappa shape index (κ1) is 21.5. The zero-order valence-corrected chi connectivity index (χ0v) is 19.1. The van der Waals surface area contributed by atoms with Crippen molar-refractivity contribution in [1.29, 1.82) is 5.26 Å². The van der Waals surface area contributed by atoms with Crippen molar-refractivity contribution in [1.82, 2.24) is 4.98 Å². The van der Waals surface area contributed by atoms with Crippen molar-refractivity contribution < 1.29 is 0 Å². The van der Waals surface area contributed by atoms with E-state index in [0.29, 0.717) is 5.56 Å². The highest BCUT2D eigenvalue weighted by Crippen LogP contribution is 2.35. The summed E-state index contributed by atoms with van der Waals surface area (Å²) in [6.45, 7) is 0. The molecule has 0 aliphatic rings. The van der Waals surface area contributed by atoms with Crippen LogP contribution in [0.4, 0.5) is 0 Å². The summed E-state index contributed by atoms with van der Waals surface area (Å²) in [7, 11) is 0. The number of aromatic nitrogens is 1. The average Bonchev–Trinajstić information content (AvgIpc) is 2.83. The minimum absolute atomic E-state index is 0.628. The van der Waals surface area contributed by atoms with Crippen molar-refractivity contribution in [2.75, 3.05) is 5.08 Å². The predicted octanol–water partition coefficient (Wildman–Crippen LogP) is 7.92. The highest BCUT2D eigenvalue weighted by molar-refractivity contribution is 8.15. The van der Waals surface area contributed by atoms with E-state index in [1.54, 1.807) is 23.5 Å². The molecule has 152 valence electrons. The van der Waals surface area contributed by atoms with Crippen LogP contribution in [0.25, 0.3) is 22.4 Å². The van der Waals surface area contributed by atoms with Gasteiger partial charge in [0.15, 0.2) is 0 Å². The van der Waals surface area contributed by atoms with Gasteiger partial charge in [0.1, 0.15) is 11.1 Å². The van der Waals surface area contributed by atoms with E-state index in [-0.39, 0.29) is 0 Å². The molecule has 0 amide bonds. The fourth-order valence-electron chi connectivity index (χ4n) is 3.17. The normalized spacial score (nSPS) is 10.6. The van der Waals surface area contributed by atoms with Crippen molar-refractivity contribution in [3.63, 3.8) is 0 Å². The number of pyridine rings is 1. The van der Waals surface area contributed by atoms with Crippen LogP contribution in [0, 0.1) is 11.3 Å². The molecule has 4 rings (SSSR count). The van der Waals surface area contributed by atoms with Crippen molar-refractivity contribution in [2.24, 2.45) is 0 Å². The Morgan fingerprint density at radius 2 is 1.48 bits per heavy atom. The lowest BCUT2D eigenvalue weighted by atomic mass is 9.99. The summed E-state index contributed by atoms with van der Waals surface area (Å²) in [6.07, 6.45) is 0. The SMILES string of the molecule is N#Cc1c(-c2ccccc2)cc(-c2ccccc2)nc1SCSCc1ccc(Cl)cc1. The summed E-state index contributed by atoms with van der Waals surface area (Å²) in [5.41, 5.74) is 5.72. The van der Waals surface area contributed by atoms with Gasteiger partial charge in [-0.25, -0.2) is 4.98 Å². The predicted molar refractivity (Wildman–Crippen MR) is 133 cm³/mol. The van der Waals surface area contributed by atoms with Crippen LogP contribution in [0.15, 0.2) is 96.0 Å². The van der Waals surface area contributed by atoms with Crippen molar-refractivity contribution in [2.45, 2.75) is 10.8 Å². The molecule has 31 heavy (non-hydrogen) atoms. The molecular weight excluding hydrogens is 440 g/mol. The summed E-state index contributed by atoms with van der Waals surface area (Å²) in [5.74, 6) is 0.885. The molecule has 3 aromatic carbocycles. The van der Waals surface area contributed by atoms with E-state index in [1.165, 1.54) is 5.56 Å². The lowest BCUT2D eigenvalue weighted by Gasteiger charge is -2.12. The van der Waals surface area contributed by atoms with Gasteiger partial charge in [0, 0.05) is 27.0 Å². The smallest absolute Gasteiger partial charge is 0.116 e. The maximum absolute atomic E-state index is 9.96. The molecule has 0 atom stereocenters.